The summed E-state index contributed by atoms with van der Waals surface area (Å²) >= 11 is 0. The van der Waals surface area contributed by atoms with Gasteiger partial charge in [-0.2, -0.15) is 0 Å². The molecule has 4 aliphatic rings. The van der Waals surface area contributed by atoms with E-state index in [1.165, 1.54) is 25.7 Å². The Morgan fingerprint density at radius 2 is 1.00 bits per heavy atom. The van der Waals surface area contributed by atoms with Crippen molar-refractivity contribution >= 4 is 11.8 Å². The maximum Gasteiger partial charge on any atom is 2.00 e. The first-order valence-electron chi connectivity index (χ1n) is 11.1. The maximum absolute atomic E-state index is 6.57. The van der Waals surface area contributed by atoms with E-state index in [1.54, 1.807) is 0 Å². The van der Waals surface area contributed by atoms with Crippen molar-refractivity contribution in [2.45, 2.75) is 123 Å². The zero-order valence-corrected chi connectivity index (χ0v) is 24.0. The maximum atomic E-state index is 6.57. The van der Waals surface area contributed by atoms with E-state index in [2.05, 4.69) is 41.5 Å². The molecule has 2 atom stereocenters. The van der Waals surface area contributed by atoms with Crippen LogP contribution >= 0.6 is 0 Å². The topological polar surface area (TPSA) is 43.2 Å². The molecule has 0 N–H and O–H groups in total. The van der Waals surface area contributed by atoms with Crippen LogP contribution in [0.4, 0.5) is 0 Å². The van der Waals surface area contributed by atoms with Gasteiger partial charge in [-0.15, -0.1) is 0 Å². The summed E-state index contributed by atoms with van der Waals surface area (Å²) in [6.07, 6.45) is 10.2. The van der Waals surface area contributed by atoms with Crippen molar-refractivity contribution in [2.75, 3.05) is 0 Å². The number of hydrogen-bond donors (Lipinski definition) is 0. The third-order valence-corrected chi connectivity index (χ3v) is 7.03. The first-order valence-corrected chi connectivity index (χ1v) is 11.1. The van der Waals surface area contributed by atoms with Gasteiger partial charge in [0.25, 0.3) is 0 Å². The number of aliphatic imine (C=N–C) groups is 2. The summed E-state index contributed by atoms with van der Waals surface area (Å²) in [6, 6.07) is 0.478. The average Bonchev–Trinajstić information content (AvgIpc) is 3.30. The van der Waals surface area contributed by atoms with E-state index in [0.717, 1.165) is 37.5 Å². The fourth-order valence-electron chi connectivity index (χ4n) is 6.11. The van der Waals surface area contributed by atoms with E-state index in [-0.39, 0.29) is 88.5 Å². The molecule has 0 saturated heterocycles. The second-order valence-electron chi connectivity index (χ2n) is 11.5. The first-order chi connectivity index (χ1) is 12.5. The molecule has 0 amide bonds. The van der Waals surface area contributed by atoms with Crippen LogP contribution in [-0.2, 0) is 29.9 Å². The van der Waals surface area contributed by atoms with E-state index in [0.29, 0.717) is 6.42 Å². The van der Waals surface area contributed by atoms with E-state index in [1.807, 2.05) is 0 Å². The second-order valence-corrected chi connectivity index (χ2v) is 11.5. The summed E-state index contributed by atoms with van der Waals surface area (Å²) < 4.78 is 13.1. The van der Waals surface area contributed by atoms with Crippen LogP contribution in [0.1, 0.15) is 99.3 Å². The molecule has 2 spiro atoms. The third-order valence-electron chi connectivity index (χ3n) is 7.03. The molecule has 30 heavy (non-hydrogen) atoms. The Labute approximate surface area is 218 Å². The molecule has 2 heterocycles. The Balaban J connectivity index is 0.00000150. The van der Waals surface area contributed by atoms with Crippen molar-refractivity contribution < 1.29 is 63.9 Å². The van der Waals surface area contributed by atoms with Gasteiger partial charge in [-0.05, 0) is 62.2 Å². The van der Waals surface area contributed by atoms with Gasteiger partial charge >= 0.3 is 20.4 Å². The summed E-state index contributed by atoms with van der Waals surface area (Å²) in [4.78, 5) is 10.2. The molecule has 0 bridgehead atoms. The Bertz CT molecular complexity index is 599. The van der Waals surface area contributed by atoms with Crippen LogP contribution in [0.5, 0.6) is 0 Å². The Morgan fingerprint density at radius 3 is 1.27 bits per heavy atom. The van der Waals surface area contributed by atoms with Gasteiger partial charge in [0.1, 0.15) is 11.2 Å². The molecule has 0 unspecified atom stereocenters. The molecule has 2 saturated carbocycles. The molecule has 0 radical (unpaired) electrons. The zero-order chi connectivity index (χ0) is 19.5. The van der Waals surface area contributed by atoms with Crippen molar-refractivity contribution in [1.29, 1.82) is 0 Å². The summed E-state index contributed by atoms with van der Waals surface area (Å²) in [5.41, 5.74) is 0.0680. The third kappa shape index (κ3) is 5.21. The van der Waals surface area contributed by atoms with Crippen LogP contribution in [0.25, 0.3) is 0 Å². The quantitative estimate of drug-likeness (QED) is 0.390. The molecule has 2 fully saturated rings. The minimum atomic E-state index is -0.0821. The molecule has 0 aromatic carbocycles. The van der Waals surface area contributed by atoms with Gasteiger partial charge < -0.3 is 43.4 Å². The van der Waals surface area contributed by atoms with Crippen LogP contribution < -0.4 is 34.0 Å². The molecule has 4 nitrogen and oxygen atoms in total. The van der Waals surface area contributed by atoms with Gasteiger partial charge in [0.05, 0.1) is 18.5 Å². The van der Waals surface area contributed by atoms with E-state index in [9.17, 15) is 0 Å². The molecule has 4 rings (SSSR count). The summed E-state index contributed by atoms with van der Waals surface area (Å²) in [5, 5.41) is 0. The normalized spacial score (nSPS) is 28.7. The van der Waals surface area contributed by atoms with Crippen LogP contribution in [0.15, 0.2) is 9.98 Å². The van der Waals surface area contributed by atoms with Crippen LogP contribution in [0.3, 0.4) is 0 Å². The smallest absolute Gasteiger partial charge is 1.00 e. The molecule has 2 aliphatic heterocycles. The molecule has 0 aromatic heterocycles. The zero-order valence-electron chi connectivity index (χ0n) is 19.3. The van der Waals surface area contributed by atoms with Gasteiger partial charge in [-0.25, -0.2) is 9.98 Å². The molecule has 2 aliphatic carbocycles. The van der Waals surface area contributed by atoms with Gasteiger partial charge in [0.15, 0.2) is 11.8 Å². The molecular weight excluding hydrogens is 602 g/mol. The number of hydrogen-bond acceptors (Lipinski definition) is 4. The number of nitrogens with zero attached hydrogens (tertiary/aromatic N) is 2. The molecule has 176 valence electrons. The minimum Gasteiger partial charge on any atom is -1.00 e. The van der Waals surface area contributed by atoms with Crippen molar-refractivity contribution in [3.63, 3.8) is 0 Å². The van der Waals surface area contributed by atoms with Crippen molar-refractivity contribution in [1.82, 2.24) is 0 Å². The standard InChI is InChI=1S/C23H38N2O2.2BrH.Pd/c1-20(2,3)18-22(11-7-8-12-22)26-16(24-18)15-17-25-19(21(4,5)6)23(27-17)13-9-10-14-23;;;/h18-19H,7-15H2,1-6H3;2*1H;/q;;;+2/p-2/t18-,19-;;;/m1.../s1. The first kappa shape index (κ1) is 28.6. The fraction of sp³-hybridized carbons (Fsp3) is 0.913. The van der Waals surface area contributed by atoms with Crippen LogP contribution in [-0.4, -0.2) is 35.1 Å². The summed E-state index contributed by atoms with van der Waals surface area (Å²) in [5.74, 6) is 1.72. The number of ether oxygens (including phenoxy) is 2. The fourth-order valence-corrected chi connectivity index (χ4v) is 6.11. The van der Waals surface area contributed by atoms with E-state index < -0.39 is 0 Å². The monoisotopic (exact) mass is 638 g/mol. The minimum absolute atomic E-state index is 0. The predicted octanol–water partition coefficient (Wildman–Crippen LogP) is -0.306. The van der Waals surface area contributed by atoms with Gasteiger partial charge in [-0.3, -0.25) is 0 Å². The van der Waals surface area contributed by atoms with Crippen molar-refractivity contribution in [3.05, 3.63) is 0 Å². The van der Waals surface area contributed by atoms with Gasteiger partial charge in [0.2, 0.25) is 0 Å². The average molecular weight is 641 g/mol. The van der Waals surface area contributed by atoms with E-state index in [4.69, 9.17) is 19.5 Å². The van der Waals surface area contributed by atoms with Crippen molar-refractivity contribution in [3.8, 4) is 0 Å². The summed E-state index contributed by atoms with van der Waals surface area (Å²) in [7, 11) is 0. The molecular formula is C23H38Br2N2O2Pd. The second kappa shape index (κ2) is 9.82. The van der Waals surface area contributed by atoms with Crippen LogP contribution in [0.2, 0.25) is 0 Å². The van der Waals surface area contributed by atoms with Crippen LogP contribution in [0, 0.1) is 10.8 Å². The Hall–Kier alpha value is 0.562. The number of rotatable bonds is 2. The molecule has 7 heteroatoms. The number of halogens is 2. The van der Waals surface area contributed by atoms with Crippen molar-refractivity contribution in [2.24, 2.45) is 20.8 Å². The van der Waals surface area contributed by atoms with Gasteiger partial charge in [0, 0.05) is 0 Å². The Kier molecular flexibility index (Phi) is 9.36. The Morgan fingerprint density at radius 1 is 0.700 bits per heavy atom. The predicted molar refractivity (Wildman–Crippen MR) is 111 cm³/mol. The molecule has 0 aromatic rings. The largest absolute Gasteiger partial charge is 2.00 e. The summed E-state index contributed by atoms with van der Waals surface area (Å²) in [6.45, 7) is 13.8. The SMILES string of the molecule is CC(C)(C)[C@H]1N=C(CC2=N[C@H](C(C)(C)C)C3(CCCC3)O2)OC12CCCC2.[Br-].[Br-].[Pd+2]. The van der Waals surface area contributed by atoms with Gasteiger partial charge in [-0.1, -0.05) is 41.5 Å². The van der Waals surface area contributed by atoms with E-state index >= 15 is 0 Å².